The van der Waals surface area contributed by atoms with Crippen LogP contribution in [0.15, 0.2) is 42.5 Å². The van der Waals surface area contributed by atoms with Gasteiger partial charge in [0.25, 0.3) is 0 Å². The van der Waals surface area contributed by atoms with Crippen LogP contribution in [0, 0.1) is 0 Å². The number of nitrogens with one attached hydrogen (secondary N) is 1. The summed E-state index contributed by atoms with van der Waals surface area (Å²) in [6.45, 7) is 2.14. The van der Waals surface area contributed by atoms with Crippen molar-refractivity contribution >= 4 is 11.8 Å². The van der Waals surface area contributed by atoms with Gasteiger partial charge in [0.2, 0.25) is 11.8 Å². The molecular formula is C16H21N3O2. The minimum atomic E-state index is -0.647. The molecule has 0 bridgehead atoms. The lowest BCUT2D eigenvalue weighted by molar-refractivity contribution is -0.135. The number of benzene rings is 1. The molecule has 0 spiro atoms. The summed E-state index contributed by atoms with van der Waals surface area (Å²) in [5, 5.41) is 2.78. The molecule has 0 aliphatic carbocycles. The van der Waals surface area contributed by atoms with Gasteiger partial charge in [0, 0.05) is 19.5 Å². The van der Waals surface area contributed by atoms with Crippen LogP contribution in [0.25, 0.3) is 0 Å². The molecule has 5 heteroatoms. The maximum atomic E-state index is 12.5. The molecule has 1 heterocycles. The second-order valence-electron chi connectivity index (χ2n) is 5.36. The number of nitrogens with zero attached hydrogens (tertiary/aromatic N) is 1. The summed E-state index contributed by atoms with van der Waals surface area (Å²) in [7, 11) is 1.73. The van der Waals surface area contributed by atoms with Crippen molar-refractivity contribution < 1.29 is 9.59 Å². The van der Waals surface area contributed by atoms with Gasteiger partial charge in [0.15, 0.2) is 0 Å². The van der Waals surface area contributed by atoms with Gasteiger partial charge in [-0.3, -0.25) is 9.59 Å². The maximum absolute atomic E-state index is 12.5. The first-order chi connectivity index (χ1) is 10.0. The fourth-order valence-corrected chi connectivity index (χ4v) is 2.37. The molecule has 3 N–H and O–H groups in total. The van der Waals surface area contributed by atoms with Crippen LogP contribution in [0.3, 0.4) is 0 Å². The molecule has 0 fully saturated rings. The molecule has 1 aliphatic heterocycles. The van der Waals surface area contributed by atoms with Gasteiger partial charge in [0.05, 0.1) is 6.04 Å². The lowest BCUT2D eigenvalue weighted by atomic mass is 9.90. The van der Waals surface area contributed by atoms with Crippen molar-refractivity contribution in [2.75, 3.05) is 13.6 Å². The zero-order valence-electron chi connectivity index (χ0n) is 12.3. The fourth-order valence-electron chi connectivity index (χ4n) is 2.37. The summed E-state index contributed by atoms with van der Waals surface area (Å²) in [6.07, 6.45) is 3.93. The lowest BCUT2D eigenvalue weighted by Gasteiger charge is -2.27. The summed E-state index contributed by atoms with van der Waals surface area (Å²) in [6, 6.07) is 8.41. The Hall–Kier alpha value is -2.14. The number of rotatable bonds is 3. The van der Waals surface area contributed by atoms with E-state index in [1.165, 1.54) is 0 Å². The molecule has 1 aliphatic rings. The normalized spacial score (nSPS) is 23.6. The molecule has 0 unspecified atom stereocenters. The van der Waals surface area contributed by atoms with E-state index < -0.39 is 12.1 Å². The average molecular weight is 287 g/mol. The van der Waals surface area contributed by atoms with Crippen molar-refractivity contribution in [2.24, 2.45) is 5.73 Å². The van der Waals surface area contributed by atoms with Crippen LogP contribution in [-0.2, 0) is 9.59 Å². The van der Waals surface area contributed by atoms with E-state index in [1.807, 2.05) is 42.5 Å². The summed E-state index contributed by atoms with van der Waals surface area (Å²) in [4.78, 5) is 26.0. The van der Waals surface area contributed by atoms with Crippen LogP contribution in [0.4, 0.5) is 0 Å². The number of nitrogens with two attached hydrogens (primary N) is 1. The quantitative estimate of drug-likeness (QED) is 0.801. The van der Waals surface area contributed by atoms with Crippen molar-refractivity contribution in [3.63, 3.8) is 0 Å². The van der Waals surface area contributed by atoms with Crippen LogP contribution < -0.4 is 11.1 Å². The topological polar surface area (TPSA) is 75.4 Å². The van der Waals surface area contributed by atoms with Crippen LogP contribution in [-0.4, -0.2) is 42.4 Å². The van der Waals surface area contributed by atoms with Crippen LogP contribution in [0.2, 0.25) is 0 Å². The Kier molecular flexibility index (Phi) is 4.75. The average Bonchev–Trinajstić information content (AvgIpc) is 2.61. The van der Waals surface area contributed by atoms with Crippen LogP contribution in [0.1, 0.15) is 18.4 Å². The second-order valence-corrected chi connectivity index (χ2v) is 5.36. The van der Waals surface area contributed by atoms with Crippen molar-refractivity contribution in [3.8, 4) is 0 Å². The molecular weight excluding hydrogens is 266 g/mol. The van der Waals surface area contributed by atoms with Crippen molar-refractivity contribution in [1.29, 1.82) is 0 Å². The number of hydrogen-bond donors (Lipinski definition) is 2. The van der Waals surface area contributed by atoms with E-state index in [0.29, 0.717) is 6.54 Å². The van der Waals surface area contributed by atoms with Crippen molar-refractivity contribution in [3.05, 3.63) is 48.0 Å². The van der Waals surface area contributed by atoms with Crippen LogP contribution >= 0.6 is 0 Å². The Labute approximate surface area is 124 Å². The van der Waals surface area contributed by atoms with E-state index in [9.17, 15) is 9.59 Å². The fraction of sp³-hybridized carbons (Fsp3) is 0.375. The predicted molar refractivity (Wildman–Crippen MR) is 81.5 cm³/mol. The first kappa shape index (κ1) is 15.3. The van der Waals surface area contributed by atoms with Crippen molar-refractivity contribution in [2.45, 2.75) is 24.9 Å². The van der Waals surface area contributed by atoms with Gasteiger partial charge >= 0.3 is 0 Å². The first-order valence-electron chi connectivity index (χ1n) is 7.03. The zero-order valence-corrected chi connectivity index (χ0v) is 12.3. The molecule has 1 aromatic carbocycles. The molecule has 5 nitrogen and oxygen atoms in total. The van der Waals surface area contributed by atoms with E-state index in [1.54, 1.807) is 18.9 Å². The lowest BCUT2D eigenvalue weighted by Crippen LogP contribution is -2.52. The monoisotopic (exact) mass is 287 g/mol. The third kappa shape index (κ3) is 3.49. The molecule has 0 saturated carbocycles. The molecule has 0 aromatic heterocycles. The molecule has 0 saturated heterocycles. The number of likely N-dealkylation sites (N-methyl/N-ethyl adjacent to an activating group) is 1. The van der Waals surface area contributed by atoms with Crippen molar-refractivity contribution in [1.82, 2.24) is 10.2 Å². The summed E-state index contributed by atoms with van der Waals surface area (Å²) < 4.78 is 0. The Bertz CT molecular complexity index is 540. The summed E-state index contributed by atoms with van der Waals surface area (Å²) in [5.41, 5.74) is 6.59. The zero-order chi connectivity index (χ0) is 15.4. The number of carbonyl (C=O) groups is 2. The van der Waals surface area contributed by atoms with E-state index >= 15 is 0 Å². The predicted octanol–water partition coefficient (Wildman–Crippen LogP) is 0.630. The smallest absolute Gasteiger partial charge is 0.246 e. The highest BCUT2D eigenvalue weighted by Crippen LogP contribution is 2.24. The van der Waals surface area contributed by atoms with Gasteiger partial charge in [-0.05, 0) is 12.5 Å². The number of carbonyl (C=O) groups excluding carboxylic acids is 2. The SMILES string of the molecule is C[C@H](N)C(=O)N[C@@H]1C(=O)N(C)CC=C[C@@H]1c1ccccc1. The van der Waals surface area contributed by atoms with E-state index in [4.69, 9.17) is 5.73 Å². The molecule has 2 amide bonds. The maximum Gasteiger partial charge on any atom is 0.246 e. The van der Waals surface area contributed by atoms with Gasteiger partial charge in [-0.25, -0.2) is 0 Å². The Morgan fingerprint density at radius 1 is 1.38 bits per heavy atom. The third-order valence-electron chi connectivity index (χ3n) is 3.62. The molecule has 3 atom stereocenters. The highest BCUT2D eigenvalue weighted by Gasteiger charge is 2.33. The van der Waals surface area contributed by atoms with Crippen LogP contribution in [0.5, 0.6) is 0 Å². The Balaban J connectivity index is 2.33. The third-order valence-corrected chi connectivity index (χ3v) is 3.62. The molecule has 0 radical (unpaired) electrons. The summed E-state index contributed by atoms with van der Waals surface area (Å²) >= 11 is 0. The summed E-state index contributed by atoms with van der Waals surface area (Å²) in [5.74, 6) is -0.618. The van der Waals surface area contributed by atoms with Gasteiger partial charge in [-0.2, -0.15) is 0 Å². The highest BCUT2D eigenvalue weighted by atomic mass is 16.2. The molecule has 2 rings (SSSR count). The number of hydrogen-bond acceptors (Lipinski definition) is 3. The first-order valence-corrected chi connectivity index (χ1v) is 7.03. The Morgan fingerprint density at radius 2 is 2.05 bits per heavy atom. The van der Waals surface area contributed by atoms with E-state index in [-0.39, 0.29) is 17.7 Å². The van der Waals surface area contributed by atoms with Gasteiger partial charge < -0.3 is 16.0 Å². The number of amides is 2. The minimum absolute atomic E-state index is 0.108. The van der Waals surface area contributed by atoms with Gasteiger partial charge in [-0.1, -0.05) is 42.5 Å². The van der Waals surface area contributed by atoms with E-state index in [0.717, 1.165) is 5.56 Å². The molecule has 21 heavy (non-hydrogen) atoms. The standard InChI is InChI=1S/C16H21N3O2/c1-11(17)15(20)18-14-13(12-7-4-3-5-8-12)9-6-10-19(2)16(14)21/h3-9,11,13-14H,10,17H2,1-2H3,(H,18,20)/t11-,13+,14-/m0/s1. The second kappa shape index (κ2) is 6.54. The van der Waals surface area contributed by atoms with E-state index in [2.05, 4.69) is 5.32 Å². The Morgan fingerprint density at radius 3 is 2.67 bits per heavy atom. The molecule has 1 aromatic rings. The largest absolute Gasteiger partial charge is 0.342 e. The molecule has 112 valence electrons. The minimum Gasteiger partial charge on any atom is -0.342 e. The van der Waals surface area contributed by atoms with Gasteiger partial charge in [-0.15, -0.1) is 0 Å². The highest BCUT2D eigenvalue weighted by molar-refractivity contribution is 5.90. The van der Waals surface area contributed by atoms with Gasteiger partial charge in [0.1, 0.15) is 6.04 Å².